The van der Waals surface area contributed by atoms with E-state index in [-0.39, 0.29) is 10.8 Å². The van der Waals surface area contributed by atoms with Crippen LogP contribution in [0.15, 0.2) is 12.1 Å². The Hall–Kier alpha value is -0.900. The van der Waals surface area contributed by atoms with Crippen molar-refractivity contribution in [2.75, 3.05) is 0 Å². The Morgan fingerprint density at radius 3 is 2.03 bits per heavy atom. The fraction of sp³-hybridized carbons (Fsp3) is 0.760. The number of hydrogen-bond acceptors (Lipinski definition) is 1. The zero-order valence-corrected chi connectivity index (χ0v) is 18.9. The van der Waals surface area contributed by atoms with Gasteiger partial charge in [0.1, 0.15) is 0 Å². The topological polar surface area (TPSA) is 9.23 Å². The first-order valence-corrected chi connectivity index (χ1v) is 12.3. The third-order valence-corrected chi connectivity index (χ3v) is 7.87. The van der Waals surface area contributed by atoms with Gasteiger partial charge in [-0.15, -0.1) is 0 Å². The number of ether oxygens (including phenoxy) is 1. The molecule has 2 fully saturated rings. The van der Waals surface area contributed by atoms with Crippen molar-refractivity contribution in [3.05, 3.63) is 28.5 Å². The van der Waals surface area contributed by atoms with E-state index < -0.39 is 12.4 Å². The molecule has 2 aliphatic rings. The van der Waals surface area contributed by atoms with E-state index in [0.717, 1.165) is 24.2 Å². The van der Waals surface area contributed by atoms with Gasteiger partial charge in [0, 0.05) is 0 Å². The maximum atomic E-state index is 14.2. The van der Waals surface area contributed by atoms with Crippen LogP contribution in [-0.4, -0.2) is 6.61 Å². The third kappa shape index (κ3) is 6.55. The Kier molecular flexibility index (Phi) is 9.22. The fourth-order valence-corrected chi connectivity index (χ4v) is 5.88. The first kappa shape index (κ1) is 23.8. The predicted octanol–water partition coefficient (Wildman–Crippen LogP) is 8.82. The van der Waals surface area contributed by atoms with Crippen LogP contribution in [0.3, 0.4) is 0 Å². The normalized spacial score (nSPS) is 27.4. The first-order valence-electron chi connectivity index (χ1n) is 11.9. The van der Waals surface area contributed by atoms with Crippen LogP contribution in [0, 0.1) is 29.5 Å². The highest BCUT2D eigenvalue weighted by Gasteiger charge is 2.31. The van der Waals surface area contributed by atoms with Crippen LogP contribution >= 0.6 is 11.6 Å². The molecule has 1 aromatic rings. The van der Waals surface area contributed by atoms with E-state index in [4.69, 9.17) is 11.6 Å². The van der Waals surface area contributed by atoms with E-state index in [1.165, 1.54) is 76.7 Å². The van der Waals surface area contributed by atoms with E-state index in [1.807, 2.05) is 0 Å². The number of hydrogen-bond donors (Lipinski definition) is 0. The number of benzene rings is 1. The Morgan fingerprint density at radius 2 is 1.50 bits per heavy atom. The molecule has 1 nitrogen and oxygen atoms in total. The zero-order valence-electron chi connectivity index (χ0n) is 18.2. The standard InChI is InChI=1S/C25H36ClF3O/c1-2-3-4-17-5-10-19(11-6-17)20-12-7-18(8-13-20)9-14-21-15-16-22(26)23(27)24(21)30-25(28)29/h15-20,25H,2-14H2,1H3. The van der Waals surface area contributed by atoms with Crippen LogP contribution in [0.25, 0.3) is 0 Å². The molecular weight excluding hydrogens is 409 g/mol. The Morgan fingerprint density at radius 1 is 0.933 bits per heavy atom. The summed E-state index contributed by atoms with van der Waals surface area (Å²) < 4.78 is 43.9. The van der Waals surface area contributed by atoms with Gasteiger partial charge in [0.25, 0.3) is 0 Å². The van der Waals surface area contributed by atoms with Gasteiger partial charge in [0.05, 0.1) is 5.02 Å². The van der Waals surface area contributed by atoms with E-state index in [1.54, 1.807) is 6.07 Å². The van der Waals surface area contributed by atoms with Crippen molar-refractivity contribution >= 4 is 11.6 Å². The van der Waals surface area contributed by atoms with Crippen molar-refractivity contribution in [2.24, 2.45) is 23.7 Å². The van der Waals surface area contributed by atoms with E-state index >= 15 is 0 Å². The summed E-state index contributed by atoms with van der Waals surface area (Å²) in [6.07, 6.45) is 16.1. The lowest BCUT2D eigenvalue weighted by Crippen LogP contribution is -2.26. The van der Waals surface area contributed by atoms with Crippen LogP contribution in [0.5, 0.6) is 5.75 Å². The summed E-state index contributed by atoms with van der Waals surface area (Å²) in [6, 6.07) is 3.05. The molecular formula is C25H36ClF3O. The molecule has 2 aliphatic carbocycles. The minimum absolute atomic E-state index is 0.181. The summed E-state index contributed by atoms with van der Waals surface area (Å²) in [4.78, 5) is 0. The molecule has 3 rings (SSSR count). The number of halogens is 4. The Labute approximate surface area is 184 Å². The second kappa shape index (κ2) is 11.6. The smallest absolute Gasteiger partial charge is 0.387 e. The van der Waals surface area contributed by atoms with Crippen molar-refractivity contribution in [2.45, 2.75) is 97.0 Å². The highest BCUT2D eigenvalue weighted by atomic mass is 35.5. The molecule has 30 heavy (non-hydrogen) atoms. The van der Waals surface area contributed by atoms with Crippen LogP contribution in [0.2, 0.25) is 5.02 Å². The van der Waals surface area contributed by atoms with Crippen molar-refractivity contribution in [3.63, 3.8) is 0 Å². The summed E-state index contributed by atoms with van der Waals surface area (Å²) in [6.45, 7) is -0.774. The SMILES string of the molecule is CCCCC1CCC(C2CCC(CCc3ccc(Cl)c(F)c3OC(F)F)CC2)CC1. The van der Waals surface area contributed by atoms with Gasteiger partial charge in [-0.1, -0.05) is 69.5 Å². The molecule has 0 N–H and O–H groups in total. The Bertz CT molecular complexity index is 650. The predicted molar refractivity (Wildman–Crippen MR) is 117 cm³/mol. The lowest BCUT2D eigenvalue weighted by molar-refractivity contribution is -0.0528. The minimum Gasteiger partial charge on any atom is -0.431 e. The minimum atomic E-state index is -3.05. The number of rotatable bonds is 9. The molecule has 5 heteroatoms. The van der Waals surface area contributed by atoms with Gasteiger partial charge in [0.15, 0.2) is 11.6 Å². The first-order chi connectivity index (χ1) is 14.5. The van der Waals surface area contributed by atoms with Crippen LogP contribution in [0.1, 0.15) is 89.5 Å². The van der Waals surface area contributed by atoms with Gasteiger partial charge >= 0.3 is 6.61 Å². The van der Waals surface area contributed by atoms with Gasteiger partial charge in [0.2, 0.25) is 0 Å². The molecule has 2 saturated carbocycles. The highest BCUT2D eigenvalue weighted by Crippen LogP contribution is 2.43. The second-order valence-electron chi connectivity index (χ2n) is 9.47. The quantitative estimate of drug-likeness (QED) is 0.369. The molecule has 0 atom stereocenters. The van der Waals surface area contributed by atoms with E-state index in [0.29, 0.717) is 17.9 Å². The van der Waals surface area contributed by atoms with Crippen molar-refractivity contribution in [1.29, 1.82) is 0 Å². The molecule has 0 amide bonds. The maximum Gasteiger partial charge on any atom is 0.387 e. The fourth-order valence-electron chi connectivity index (χ4n) is 5.73. The molecule has 0 unspecified atom stereocenters. The number of alkyl halides is 2. The molecule has 0 heterocycles. The van der Waals surface area contributed by atoms with Crippen LogP contribution in [-0.2, 0) is 6.42 Å². The highest BCUT2D eigenvalue weighted by molar-refractivity contribution is 6.30. The van der Waals surface area contributed by atoms with Gasteiger partial charge in [-0.05, 0) is 73.8 Å². The number of aryl methyl sites for hydroxylation is 1. The number of unbranched alkanes of at least 4 members (excludes halogenated alkanes) is 1. The summed E-state index contributed by atoms with van der Waals surface area (Å²) in [7, 11) is 0. The Balaban J connectivity index is 1.44. The largest absolute Gasteiger partial charge is 0.431 e. The summed E-state index contributed by atoms with van der Waals surface area (Å²) in [5.41, 5.74) is 0.490. The van der Waals surface area contributed by atoms with Crippen LogP contribution < -0.4 is 4.74 Å². The average molecular weight is 445 g/mol. The van der Waals surface area contributed by atoms with E-state index in [9.17, 15) is 13.2 Å². The lowest BCUT2D eigenvalue weighted by Gasteiger charge is -2.38. The molecule has 0 spiro atoms. The molecule has 0 bridgehead atoms. The van der Waals surface area contributed by atoms with Crippen molar-refractivity contribution in [3.8, 4) is 5.75 Å². The van der Waals surface area contributed by atoms with Gasteiger partial charge in [-0.25, -0.2) is 4.39 Å². The summed E-state index contributed by atoms with van der Waals surface area (Å²) in [5.74, 6) is 2.04. The molecule has 0 aliphatic heterocycles. The lowest BCUT2D eigenvalue weighted by atomic mass is 9.68. The molecule has 1 aromatic carbocycles. The van der Waals surface area contributed by atoms with Gasteiger partial charge < -0.3 is 4.74 Å². The van der Waals surface area contributed by atoms with Crippen LogP contribution in [0.4, 0.5) is 13.2 Å². The van der Waals surface area contributed by atoms with Crippen molar-refractivity contribution in [1.82, 2.24) is 0 Å². The summed E-state index contributed by atoms with van der Waals surface area (Å²) in [5, 5.41) is -0.181. The van der Waals surface area contributed by atoms with Gasteiger partial charge in [-0.2, -0.15) is 8.78 Å². The molecule has 0 saturated heterocycles. The van der Waals surface area contributed by atoms with Crippen molar-refractivity contribution < 1.29 is 17.9 Å². The van der Waals surface area contributed by atoms with Gasteiger partial charge in [-0.3, -0.25) is 0 Å². The summed E-state index contributed by atoms with van der Waals surface area (Å²) >= 11 is 5.74. The monoisotopic (exact) mass is 444 g/mol. The molecule has 170 valence electrons. The molecule has 0 aromatic heterocycles. The zero-order chi connectivity index (χ0) is 21.5. The average Bonchev–Trinajstić information content (AvgIpc) is 2.75. The third-order valence-electron chi connectivity index (χ3n) is 7.58. The molecule has 0 radical (unpaired) electrons. The second-order valence-corrected chi connectivity index (χ2v) is 9.88. The van der Waals surface area contributed by atoms with E-state index in [2.05, 4.69) is 11.7 Å². The maximum absolute atomic E-state index is 14.2.